The zero-order chi connectivity index (χ0) is 10.7. The van der Waals surface area contributed by atoms with Crippen LogP contribution in [0.4, 0.5) is 0 Å². The van der Waals surface area contributed by atoms with E-state index in [0.29, 0.717) is 5.92 Å². The summed E-state index contributed by atoms with van der Waals surface area (Å²) in [6, 6.07) is 0. The Bertz CT molecular complexity index is 307. The molecule has 0 amide bonds. The second-order valence-corrected chi connectivity index (χ2v) is 4.88. The summed E-state index contributed by atoms with van der Waals surface area (Å²) in [5.41, 5.74) is 2.35. The molecule has 1 heterocycles. The van der Waals surface area contributed by atoms with Crippen molar-refractivity contribution in [2.75, 3.05) is 5.33 Å². The Hall–Kier alpha value is -0.0200. The molecule has 80 valence electrons. The zero-order valence-corrected chi connectivity index (χ0v) is 11.2. The van der Waals surface area contributed by atoms with E-state index < -0.39 is 0 Å². The van der Waals surface area contributed by atoms with Gasteiger partial charge >= 0.3 is 0 Å². The number of aromatic nitrogens is 2. The van der Waals surface area contributed by atoms with Gasteiger partial charge in [-0.3, -0.25) is 4.68 Å². The molecular formula is C10H16BrClN2. The second-order valence-electron chi connectivity index (χ2n) is 3.73. The third kappa shape index (κ3) is 2.51. The minimum Gasteiger partial charge on any atom is -0.257 e. The van der Waals surface area contributed by atoms with E-state index >= 15 is 0 Å². The molecule has 0 spiro atoms. The molecule has 4 heteroatoms. The molecule has 0 fully saturated rings. The highest BCUT2D eigenvalue weighted by atomic mass is 79.9. The van der Waals surface area contributed by atoms with E-state index in [1.807, 2.05) is 7.05 Å². The normalized spacial score (nSPS) is 11.3. The predicted octanol–water partition coefficient (Wildman–Crippen LogP) is 3.52. The summed E-state index contributed by atoms with van der Waals surface area (Å²) in [5, 5.41) is 6.23. The SMILES string of the molecule is CC(C)c1nn(C)c(Cl)c1CCCBr. The summed E-state index contributed by atoms with van der Waals surface area (Å²) < 4.78 is 1.76. The quantitative estimate of drug-likeness (QED) is 0.771. The highest BCUT2D eigenvalue weighted by Crippen LogP contribution is 2.26. The van der Waals surface area contributed by atoms with Crippen molar-refractivity contribution in [3.05, 3.63) is 16.4 Å². The molecule has 1 rings (SSSR count). The van der Waals surface area contributed by atoms with Crippen LogP contribution in [-0.2, 0) is 13.5 Å². The first-order valence-electron chi connectivity index (χ1n) is 4.85. The number of nitrogens with zero attached hydrogens (tertiary/aromatic N) is 2. The molecule has 0 aliphatic heterocycles. The lowest BCUT2D eigenvalue weighted by Crippen LogP contribution is -1.95. The Kier molecular flexibility index (Phi) is 4.45. The molecule has 0 radical (unpaired) electrons. The maximum absolute atomic E-state index is 6.18. The van der Waals surface area contributed by atoms with Gasteiger partial charge in [0.05, 0.1) is 5.69 Å². The fraction of sp³-hybridized carbons (Fsp3) is 0.700. The first kappa shape index (κ1) is 12.1. The van der Waals surface area contributed by atoms with Gasteiger partial charge in [0, 0.05) is 17.9 Å². The Morgan fingerprint density at radius 3 is 2.64 bits per heavy atom. The van der Waals surface area contributed by atoms with Gasteiger partial charge in [-0.25, -0.2) is 0 Å². The molecule has 0 unspecified atom stereocenters. The van der Waals surface area contributed by atoms with Crippen LogP contribution in [-0.4, -0.2) is 15.1 Å². The molecule has 1 aromatic rings. The van der Waals surface area contributed by atoms with Crippen LogP contribution in [0.2, 0.25) is 5.15 Å². The number of hydrogen-bond donors (Lipinski definition) is 0. The lowest BCUT2D eigenvalue weighted by molar-refractivity contribution is 0.711. The largest absolute Gasteiger partial charge is 0.257 e. The second kappa shape index (κ2) is 5.17. The Balaban J connectivity index is 2.97. The topological polar surface area (TPSA) is 17.8 Å². The van der Waals surface area contributed by atoms with Gasteiger partial charge < -0.3 is 0 Å². The molecule has 0 atom stereocenters. The van der Waals surface area contributed by atoms with Crippen molar-refractivity contribution in [3.8, 4) is 0 Å². The van der Waals surface area contributed by atoms with E-state index in [2.05, 4.69) is 34.9 Å². The first-order chi connectivity index (χ1) is 6.57. The Morgan fingerprint density at radius 2 is 2.14 bits per heavy atom. The lowest BCUT2D eigenvalue weighted by Gasteiger charge is -2.04. The minimum atomic E-state index is 0.444. The van der Waals surface area contributed by atoms with Crippen LogP contribution in [0.1, 0.15) is 37.4 Å². The van der Waals surface area contributed by atoms with Crippen molar-refractivity contribution in [1.82, 2.24) is 9.78 Å². The monoisotopic (exact) mass is 278 g/mol. The van der Waals surface area contributed by atoms with Gasteiger partial charge in [-0.2, -0.15) is 5.10 Å². The fourth-order valence-corrected chi connectivity index (χ4v) is 2.02. The van der Waals surface area contributed by atoms with Crippen LogP contribution < -0.4 is 0 Å². The van der Waals surface area contributed by atoms with Crippen molar-refractivity contribution >= 4 is 27.5 Å². The van der Waals surface area contributed by atoms with E-state index in [1.165, 1.54) is 5.56 Å². The number of rotatable bonds is 4. The number of hydrogen-bond acceptors (Lipinski definition) is 1. The number of alkyl halides is 1. The first-order valence-corrected chi connectivity index (χ1v) is 6.35. The van der Waals surface area contributed by atoms with Gasteiger partial charge in [-0.05, 0) is 18.8 Å². The minimum absolute atomic E-state index is 0.444. The molecular weight excluding hydrogens is 263 g/mol. The summed E-state index contributed by atoms with van der Waals surface area (Å²) in [5.74, 6) is 0.444. The van der Waals surface area contributed by atoms with E-state index in [-0.39, 0.29) is 0 Å². The maximum Gasteiger partial charge on any atom is 0.130 e. The van der Waals surface area contributed by atoms with Crippen molar-refractivity contribution in [3.63, 3.8) is 0 Å². The standard InChI is InChI=1S/C10H16BrClN2/c1-7(2)9-8(5-4-6-11)10(12)14(3)13-9/h7H,4-6H2,1-3H3. The molecule has 2 nitrogen and oxygen atoms in total. The maximum atomic E-state index is 6.18. The summed E-state index contributed by atoms with van der Waals surface area (Å²) in [4.78, 5) is 0. The lowest BCUT2D eigenvalue weighted by atomic mass is 10.0. The number of halogens is 2. The third-order valence-electron chi connectivity index (χ3n) is 2.21. The van der Waals surface area contributed by atoms with Crippen molar-refractivity contribution < 1.29 is 0 Å². The van der Waals surface area contributed by atoms with E-state index in [0.717, 1.165) is 29.0 Å². The van der Waals surface area contributed by atoms with Crippen LogP contribution in [0, 0.1) is 0 Å². The highest BCUT2D eigenvalue weighted by Gasteiger charge is 2.16. The van der Waals surface area contributed by atoms with Crippen LogP contribution >= 0.6 is 27.5 Å². The number of aryl methyl sites for hydroxylation is 1. The van der Waals surface area contributed by atoms with Crippen LogP contribution in [0.15, 0.2) is 0 Å². The molecule has 14 heavy (non-hydrogen) atoms. The molecule has 0 aliphatic carbocycles. The molecule has 0 aliphatic rings. The van der Waals surface area contributed by atoms with Crippen molar-refractivity contribution in [2.24, 2.45) is 7.05 Å². The average molecular weight is 280 g/mol. The van der Waals surface area contributed by atoms with Gasteiger partial charge in [0.15, 0.2) is 0 Å². The predicted molar refractivity (Wildman–Crippen MR) is 64.4 cm³/mol. The summed E-state index contributed by atoms with van der Waals surface area (Å²) in [6.45, 7) is 4.30. The third-order valence-corrected chi connectivity index (χ3v) is 3.24. The van der Waals surface area contributed by atoms with Gasteiger partial charge in [-0.15, -0.1) is 0 Å². The molecule has 0 aromatic carbocycles. The van der Waals surface area contributed by atoms with Crippen LogP contribution in [0.25, 0.3) is 0 Å². The molecule has 0 saturated carbocycles. The van der Waals surface area contributed by atoms with Crippen molar-refractivity contribution in [2.45, 2.75) is 32.6 Å². The van der Waals surface area contributed by atoms with Crippen LogP contribution in [0.5, 0.6) is 0 Å². The highest BCUT2D eigenvalue weighted by molar-refractivity contribution is 9.09. The van der Waals surface area contributed by atoms with Crippen molar-refractivity contribution in [1.29, 1.82) is 0 Å². The Labute approximate surface area is 98.8 Å². The zero-order valence-electron chi connectivity index (χ0n) is 8.85. The van der Waals surface area contributed by atoms with E-state index in [9.17, 15) is 0 Å². The summed E-state index contributed by atoms with van der Waals surface area (Å²) in [6.07, 6.45) is 2.11. The fourth-order valence-electron chi connectivity index (χ4n) is 1.51. The van der Waals surface area contributed by atoms with Crippen LogP contribution in [0.3, 0.4) is 0 Å². The summed E-state index contributed by atoms with van der Waals surface area (Å²) in [7, 11) is 1.89. The van der Waals surface area contributed by atoms with Gasteiger partial charge in [0.25, 0.3) is 0 Å². The van der Waals surface area contributed by atoms with E-state index in [1.54, 1.807) is 4.68 Å². The Morgan fingerprint density at radius 1 is 1.50 bits per heavy atom. The molecule has 0 bridgehead atoms. The van der Waals surface area contributed by atoms with Gasteiger partial charge in [0.1, 0.15) is 5.15 Å². The smallest absolute Gasteiger partial charge is 0.130 e. The molecule has 0 N–H and O–H groups in total. The van der Waals surface area contributed by atoms with E-state index in [4.69, 9.17) is 11.6 Å². The molecule has 0 saturated heterocycles. The average Bonchev–Trinajstić information content (AvgIpc) is 2.41. The summed E-state index contributed by atoms with van der Waals surface area (Å²) >= 11 is 9.61. The molecule has 1 aromatic heterocycles. The van der Waals surface area contributed by atoms with Gasteiger partial charge in [-0.1, -0.05) is 41.4 Å². The van der Waals surface area contributed by atoms with Gasteiger partial charge in [0.2, 0.25) is 0 Å².